The van der Waals surface area contributed by atoms with Crippen LogP contribution in [-0.4, -0.2) is 58.4 Å². The number of rotatable bonds is 7. The Morgan fingerprint density at radius 2 is 1.94 bits per heavy atom. The normalized spacial score (nSPS) is 18.4. The first-order chi connectivity index (χ1) is 16.6. The molecule has 0 bridgehead atoms. The van der Waals surface area contributed by atoms with E-state index in [-0.39, 0.29) is 36.6 Å². The third-order valence-electron chi connectivity index (χ3n) is 5.87. The Labute approximate surface area is 201 Å². The number of nitrogen functional groups attached to an aromatic ring is 1. The van der Waals surface area contributed by atoms with E-state index in [1.165, 1.54) is 12.1 Å². The van der Waals surface area contributed by atoms with E-state index < -0.39 is 29.8 Å². The number of primary sulfonamides is 1. The van der Waals surface area contributed by atoms with Crippen molar-refractivity contribution in [2.45, 2.75) is 28.7 Å². The lowest BCUT2D eigenvalue weighted by atomic mass is 9.97. The highest BCUT2D eigenvalue weighted by molar-refractivity contribution is 7.92. The summed E-state index contributed by atoms with van der Waals surface area (Å²) in [5.74, 6) is 0.126. The van der Waals surface area contributed by atoms with E-state index in [4.69, 9.17) is 10.9 Å². The molecule has 35 heavy (non-hydrogen) atoms. The molecule has 1 atom stereocenters. The number of H-pyrrole nitrogens is 1. The standard InChI is InChI=1S/C20H23N9O4S2/c21-20-27-14-5-1-4-13(17(14)28-20)12-6-7-15(35(32,33)26-9-11-3-2-8-23-11)18(34(22,30)31)16(12)19-24-10-25-29-19/h1,4-7,11,23,26H,2-3,8-10H2,(H3,21,27,28)(H2,22,30,31)/t11-/m0/s1. The average Bonchev–Trinajstić information content (AvgIpc) is 3.57. The number of aliphatic imine (C=N–C) groups is 1. The summed E-state index contributed by atoms with van der Waals surface area (Å²) in [6.07, 6.45) is 1.74. The van der Waals surface area contributed by atoms with Crippen LogP contribution in [0.2, 0.25) is 0 Å². The van der Waals surface area contributed by atoms with Gasteiger partial charge in [-0.3, -0.25) is 0 Å². The molecule has 0 amide bonds. The quantitative estimate of drug-likeness (QED) is 0.302. The molecule has 1 saturated heterocycles. The van der Waals surface area contributed by atoms with Crippen LogP contribution in [0.1, 0.15) is 18.4 Å². The van der Waals surface area contributed by atoms with Gasteiger partial charge in [-0.1, -0.05) is 18.2 Å². The van der Waals surface area contributed by atoms with Gasteiger partial charge in [0.25, 0.3) is 0 Å². The van der Waals surface area contributed by atoms with Gasteiger partial charge in [0.05, 0.1) is 16.6 Å². The smallest absolute Gasteiger partial charge is 0.241 e. The maximum absolute atomic E-state index is 13.3. The summed E-state index contributed by atoms with van der Waals surface area (Å²) >= 11 is 0. The minimum Gasteiger partial charge on any atom is -0.369 e. The third kappa shape index (κ3) is 4.43. The van der Waals surface area contributed by atoms with Crippen molar-refractivity contribution in [3.8, 4) is 11.1 Å². The predicted molar refractivity (Wildman–Crippen MR) is 130 cm³/mol. The molecule has 0 radical (unpaired) electrons. The zero-order valence-electron chi connectivity index (χ0n) is 18.4. The summed E-state index contributed by atoms with van der Waals surface area (Å²) < 4.78 is 54.9. The molecule has 0 unspecified atom stereocenters. The number of imidazole rings is 1. The Morgan fingerprint density at radius 1 is 1.11 bits per heavy atom. The second-order valence-electron chi connectivity index (χ2n) is 8.19. The van der Waals surface area contributed by atoms with Gasteiger partial charge in [-0.2, -0.15) is 5.11 Å². The van der Waals surface area contributed by atoms with Gasteiger partial charge < -0.3 is 16.0 Å². The first-order valence-electron chi connectivity index (χ1n) is 10.7. The van der Waals surface area contributed by atoms with Gasteiger partial charge in [0.1, 0.15) is 9.79 Å². The van der Waals surface area contributed by atoms with Crippen LogP contribution < -0.4 is 20.9 Å². The van der Waals surface area contributed by atoms with Gasteiger partial charge in [0, 0.05) is 18.2 Å². The number of nitrogens with two attached hydrogens (primary N) is 2. The number of azo groups is 1. The number of aromatic nitrogens is 2. The Balaban J connectivity index is 1.75. The lowest BCUT2D eigenvalue weighted by Gasteiger charge is -2.18. The number of amidine groups is 1. The number of aromatic amines is 1. The van der Waals surface area contributed by atoms with Crippen LogP contribution >= 0.6 is 0 Å². The number of nitrogens with one attached hydrogen (secondary N) is 3. The lowest BCUT2D eigenvalue weighted by Crippen LogP contribution is -2.38. The maximum Gasteiger partial charge on any atom is 0.241 e. The molecule has 3 heterocycles. The molecule has 2 aliphatic heterocycles. The van der Waals surface area contributed by atoms with Crippen molar-refractivity contribution in [3.63, 3.8) is 0 Å². The monoisotopic (exact) mass is 517 g/mol. The van der Waals surface area contributed by atoms with Gasteiger partial charge in [-0.25, -0.2) is 36.7 Å². The summed E-state index contributed by atoms with van der Waals surface area (Å²) in [6.45, 7) is 0.874. The molecular weight excluding hydrogens is 494 g/mol. The first-order valence-corrected chi connectivity index (χ1v) is 13.8. The van der Waals surface area contributed by atoms with Crippen LogP contribution in [-0.2, 0) is 20.0 Å². The number of hydrogen-bond donors (Lipinski definition) is 5. The third-order valence-corrected chi connectivity index (χ3v) is 8.46. The van der Waals surface area contributed by atoms with Crippen LogP contribution in [0.25, 0.3) is 22.2 Å². The fourth-order valence-electron chi connectivity index (χ4n) is 4.35. The Hall–Kier alpha value is -3.24. The zero-order chi connectivity index (χ0) is 24.8. The van der Waals surface area contributed by atoms with Crippen LogP contribution in [0.5, 0.6) is 0 Å². The molecule has 7 N–H and O–H groups in total. The second-order valence-corrected chi connectivity index (χ2v) is 11.4. The molecule has 3 aromatic rings. The fourth-order valence-corrected chi connectivity index (χ4v) is 7.03. The molecule has 2 aromatic carbocycles. The maximum atomic E-state index is 13.3. The highest BCUT2D eigenvalue weighted by atomic mass is 32.2. The van der Waals surface area contributed by atoms with Crippen molar-refractivity contribution in [2.24, 2.45) is 20.4 Å². The molecule has 0 spiro atoms. The predicted octanol–water partition coefficient (Wildman–Crippen LogP) is 0.660. The summed E-state index contributed by atoms with van der Waals surface area (Å²) in [7, 11) is -8.84. The number of anilines is 1. The van der Waals surface area contributed by atoms with E-state index in [0.29, 0.717) is 22.2 Å². The van der Waals surface area contributed by atoms with Gasteiger partial charge in [-0.05, 0) is 37.1 Å². The number of nitrogens with zero attached hydrogens (tertiary/aromatic N) is 4. The van der Waals surface area contributed by atoms with Gasteiger partial charge >= 0.3 is 0 Å². The summed E-state index contributed by atoms with van der Waals surface area (Å²) in [6, 6.07) is 7.85. The van der Waals surface area contributed by atoms with E-state index in [9.17, 15) is 16.8 Å². The molecule has 2 aliphatic rings. The second kappa shape index (κ2) is 8.76. The summed E-state index contributed by atoms with van der Waals surface area (Å²) in [5.41, 5.74) is 7.65. The van der Waals surface area contributed by atoms with E-state index in [1.807, 2.05) is 0 Å². The number of hydrogen-bond acceptors (Lipinski definition) is 10. The molecular formula is C20H23N9O4S2. The van der Waals surface area contributed by atoms with Crippen molar-refractivity contribution < 1.29 is 16.8 Å². The fraction of sp³-hybridized carbons (Fsp3) is 0.300. The van der Waals surface area contributed by atoms with Crippen molar-refractivity contribution in [3.05, 3.63) is 35.9 Å². The largest absolute Gasteiger partial charge is 0.369 e. The van der Waals surface area contributed by atoms with Gasteiger partial charge in [0.15, 0.2) is 18.5 Å². The van der Waals surface area contributed by atoms with Gasteiger partial charge in [-0.15, -0.1) is 5.11 Å². The highest BCUT2D eigenvalue weighted by Gasteiger charge is 2.33. The minimum absolute atomic E-state index is 0.0268. The van der Waals surface area contributed by atoms with Crippen LogP contribution in [0, 0.1) is 0 Å². The van der Waals surface area contributed by atoms with E-state index in [0.717, 1.165) is 19.4 Å². The van der Waals surface area contributed by atoms with Crippen LogP contribution in [0.4, 0.5) is 5.95 Å². The highest BCUT2D eigenvalue weighted by Crippen LogP contribution is 2.37. The SMILES string of the molecule is Nc1nc2c(-c3ccc(S(=O)(=O)NC[C@@H]4CCCN4)c(S(N)(=O)=O)c3C3=NCN=N3)cccc2[nH]1. The zero-order valence-corrected chi connectivity index (χ0v) is 20.0. The average molecular weight is 518 g/mol. The molecule has 15 heteroatoms. The van der Waals surface area contributed by atoms with E-state index >= 15 is 0 Å². The van der Waals surface area contributed by atoms with Crippen LogP contribution in [0.3, 0.4) is 0 Å². The topological polar surface area (TPSA) is 210 Å². The Bertz CT molecular complexity index is 1590. The Morgan fingerprint density at radius 3 is 2.63 bits per heavy atom. The molecule has 1 fully saturated rings. The van der Waals surface area contributed by atoms with Crippen molar-refractivity contribution in [1.29, 1.82) is 0 Å². The van der Waals surface area contributed by atoms with E-state index in [2.05, 4.69) is 35.2 Å². The number of para-hydroxylation sites is 1. The molecule has 13 nitrogen and oxygen atoms in total. The van der Waals surface area contributed by atoms with Crippen molar-refractivity contribution >= 4 is 42.9 Å². The van der Waals surface area contributed by atoms with E-state index in [1.54, 1.807) is 18.2 Å². The molecule has 0 aliphatic carbocycles. The van der Waals surface area contributed by atoms with Crippen molar-refractivity contribution in [2.75, 3.05) is 25.5 Å². The number of fused-ring (bicyclic) bond motifs is 1. The van der Waals surface area contributed by atoms with Crippen LogP contribution in [0.15, 0.2) is 55.3 Å². The lowest BCUT2D eigenvalue weighted by molar-refractivity contribution is 0.548. The molecule has 184 valence electrons. The molecule has 5 rings (SSSR count). The summed E-state index contributed by atoms with van der Waals surface area (Å²) in [4.78, 5) is 10.3. The molecule has 1 aromatic heterocycles. The Kier molecular flexibility index (Phi) is 5.88. The summed E-state index contributed by atoms with van der Waals surface area (Å²) in [5, 5.41) is 16.6. The number of benzene rings is 2. The minimum atomic E-state index is -4.57. The molecule has 0 saturated carbocycles. The first kappa shape index (κ1) is 23.5. The van der Waals surface area contributed by atoms with Gasteiger partial charge in [0.2, 0.25) is 20.0 Å². The number of sulfonamides is 2. The van der Waals surface area contributed by atoms with Crippen molar-refractivity contribution in [1.82, 2.24) is 20.0 Å².